The Labute approximate surface area is 71.7 Å². The molecule has 0 fully saturated rings. The second-order valence-corrected chi connectivity index (χ2v) is 5.33. The van der Waals surface area contributed by atoms with Crippen molar-refractivity contribution < 1.29 is 9.53 Å². The maximum absolute atomic E-state index is 11.3. The zero-order valence-corrected chi connectivity index (χ0v) is 10.1. The normalized spacial score (nSPS) is 14.5. The molecule has 0 saturated heterocycles. The zero-order chi connectivity index (χ0) is 9.07. The van der Waals surface area contributed by atoms with Crippen LogP contribution in [0.15, 0.2) is 0 Å². The van der Waals surface area contributed by atoms with E-state index in [1.54, 1.807) is 0 Å². The molecule has 1 unspecified atom stereocenters. The third kappa shape index (κ3) is 2.65. The lowest BCUT2D eigenvalue weighted by Crippen LogP contribution is -2.30. The first kappa shape index (κ1) is 10.7. The predicted molar refractivity (Wildman–Crippen MR) is 49.8 cm³/mol. The van der Waals surface area contributed by atoms with Gasteiger partial charge >= 0.3 is 5.97 Å². The van der Waals surface area contributed by atoms with E-state index in [0.29, 0.717) is 12.1 Å². The molecule has 0 aromatic carbocycles. The third-order valence-corrected chi connectivity index (χ3v) is 3.69. The first-order valence-electron chi connectivity index (χ1n) is 4.10. The molecule has 0 aliphatic heterocycles. The van der Waals surface area contributed by atoms with Gasteiger partial charge in [0.05, 0.1) is 12.0 Å². The number of carbonyl (C=O) groups is 1. The van der Waals surface area contributed by atoms with E-state index in [9.17, 15) is 4.79 Å². The molecule has 0 amide bonds. The molecule has 0 bridgehead atoms. The van der Waals surface area contributed by atoms with Crippen LogP contribution in [0.25, 0.3) is 0 Å². The Bertz CT molecular complexity index is 141. The SMILES string of the molecule is CCOC(=O)C(C)(C)C(C)[SiH3]. The fraction of sp³-hybridized carbons (Fsp3) is 0.875. The highest BCUT2D eigenvalue weighted by Crippen LogP contribution is 2.29. The van der Waals surface area contributed by atoms with E-state index < -0.39 is 0 Å². The summed E-state index contributed by atoms with van der Waals surface area (Å²) in [6, 6.07) is 0. The van der Waals surface area contributed by atoms with Crippen molar-refractivity contribution in [3.63, 3.8) is 0 Å². The van der Waals surface area contributed by atoms with Crippen molar-refractivity contribution in [3.8, 4) is 0 Å². The summed E-state index contributed by atoms with van der Waals surface area (Å²) >= 11 is 0. The summed E-state index contributed by atoms with van der Waals surface area (Å²) in [4.78, 5) is 11.3. The maximum atomic E-state index is 11.3. The summed E-state index contributed by atoms with van der Waals surface area (Å²) in [5.41, 5.74) is 0.170. The molecule has 0 rings (SSSR count). The highest BCUT2D eigenvalue weighted by Gasteiger charge is 2.32. The minimum Gasteiger partial charge on any atom is -0.466 e. The van der Waals surface area contributed by atoms with E-state index in [-0.39, 0.29) is 11.4 Å². The van der Waals surface area contributed by atoms with Gasteiger partial charge in [-0.3, -0.25) is 4.79 Å². The Morgan fingerprint density at radius 2 is 2.09 bits per heavy atom. The zero-order valence-electron chi connectivity index (χ0n) is 8.10. The average molecular weight is 174 g/mol. The molecule has 66 valence electrons. The van der Waals surface area contributed by atoms with Crippen LogP contribution < -0.4 is 0 Å². The Kier molecular flexibility index (Phi) is 3.79. The number of hydrogen-bond acceptors (Lipinski definition) is 2. The smallest absolute Gasteiger partial charge is 0.311 e. The Morgan fingerprint density at radius 3 is 2.36 bits per heavy atom. The number of hydrogen-bond donors (Lipinski definition) is 0. The predicted octanol–water partition coefficient (Wildman–Crippen LogP) is 0.749. The van der Waals surface area contributed by atoms with Gasteiger partial charge in [-0.25, -0.2) is 0 Å². The van der Waals surface area contributed by atoms with Crippen LogP contribution in [0.5, 0.6) is 0 Å². The van der Waals surface area contributed by atoms with E-state index in [2.05, 4.69) is 6.92 Å². The summed E-state index contributed by atoms with van der Waals surface area (Å²) in [5, 5.41) is 0. The van der Waals surface area contributed by atoms with Gasteiger partial charge in [-0.15, -0.1) is 0 Å². The Morgan fingerprint density at radius 1 is 1.64 bits per heavy atom. The van der Waals surface area contributed by atoms with Crippen LogP contribution in [0.1, 0.15) is 27.7 Å². The average Bonchev–Trinajstić information content (AvgIpc) is 1.88. The first-order valence-corrected chi connectivity index (χ1v) is 5.25. The topological polar surface area (TPSA) is 26.3 Å². The number of ether oxygens (including phenoxy) is 1. The number of esters is 1. The minimum atomic E-state index is -0.289. The molecule has 0 N–H and O–H groups in total. The van der Waals surface area contributed by atoms with Crippen LogP contribution >= 0.6 is 0 Å². The number of carbonyl (C=O) groups excluding carboxylic acids is 1. The summed E-state index contributed by atoms with van der Waals surface area (Å²) in [7, 11) is 1.03. The lowest BCUT2D eigenvalue weighted by molar-refractivity contribution is -0.153. The molecule has 2 nitrogen and oxygen atoms in total. The largest absolute Gasteiger partial charge is 0.466 e. The molecule has 0 heterocycles. The highest BCUT2D eigenvalue weighted by atomic mass is 28.1. The van der Waals surface area contributed by atoms with Crippen LogP contribution in [-0.4, -0.2) is 22.8 Å². The lowest BCUT2D eigenvalue weighted by Gasteiger charge is -2.26. The van der Waals surface area contributed by atoms with Crippen molar-refractivity contribution in [1.82, 2.24) is 0 Å². The molecule has 1 atom stereocenters. The van der Waals surface area contributed by atoms with Crippen LogP contribution in [0.4, 0.5) is 0 Å². The molecule has 0 aromatic heterocycles. The Balaban J connectivity index is 4.18. The van der Waals surface area contributed by atoms with Crippen molar-refractivity contribution in [2.75, 3.05) is 6.61 Å². The van der Waals surface area contributed by atoms with Crippen molar-refractivity contribution >= 4 is 16.2 Å². The van der Waals surface area contributed by atoms with Gasteiger partial charge in [0.25, 0.3) is 0 Å². The summed E-state index contributed by atoms with van der Waals surface area (Å²) in [5.74, 6) is -0.0671. The van der Waals surface area contributed by atoms with E-state index in [0.717, 1.165) is 10.2 Å². The quantitative estimate of drug-likeness (QED) is 0.466. The molecule has 0 aromatic rings. The van der Waals surface area contributed by atoms with Crippen molar-refractivity contribution in [2.45, 2.75) is 33.2 Å². The van der Waals surface area contributed by atoms with Gasteiger partial charge in [0.1, 0.15) is 0 Å². The fourth-order valence-electron chi connectivity index (χ4n) is 0.553. The van der Waals surface area contributed by atoms with Crippen molar-refractivity contribution in [3.05, 3.63) is 0 Å². The van der Waals surface area contributed by atoms with E-state index >= 15 is 0 Å². The van der Waals surface area contributed by atoms with Crippen LogP contribution in [0.3, 0.4) is 0 Å². The molecule has 0 aliphatic rings. The lowest BCUT2D eigenvalue weighted by atomic mass is 9.90. The molecular formula is C8H18O2Si. The molecular weight excluding hydrogens is 156 g/mol. The van der Waals surface area contributed by atoms with Gasteiger partial charge in [0.15, 0.2) is 0 Å². The second kappa shape index (κ2) is 3.90. The molecule has 11 heavy (non-hydrogen) atoms. The number of rotatable bonds is 3. The molecule has 0 saturated carbocycles. The van der Waals surface area contributed by atoms with Crippen LogP contribution in [0.2, 0.25) is 5.54 Å². The molecule has 0 spiro atoms. The summed E-state index contributed by atoms with van der Waals surface area (Å²) in [6.07, 6.45) is 0. The van der Waals surface area contributed by atoms with Gasteiger partial charge < -0.3 is 4.74 Å². The summed E-state index contributed by atoms with van der Waals surface area (Å²) in [6.45, 7) is 8.30. The first-order chi connectivity index (χ1) is 4.92. The van der Waals surface area contributed by atoms with Gasteiger partial charge in [0.2, 0.25) is 0 Å². The van der Waals surface area contributed by atoms with E-state index in [1.165, 1.54) is 0 Å². The van der Waals surface area contributed by atoms with Crippen LogP contribution in [-0.2, 0) is 9.53 Å². The van der Waals surface area contributed by atoms with Crippen molar-refractivity contribution in [1.29, 1.82) is 0 Å². The van der Waals surface area contributed by atoms with E-state index in [1.807, 2.05) is 20.8 Å². The standard InChI is InChI=1S/C8H18O2Si/c1-5-10-7(9)8(3,4)6(2)11/h6H,5H2,1-4,11H3. The molecule has 0 aliphatic carbocycles. The van der Waals surface area contributed by atoms with Gasteiger partial charge in [-0.1, -0.05) is 6.92 Å². The molecule has 0 radical (unpaired) electrons. The van der Waals surface area contributed by atoms with Gasteiger partial charge in [0, 0.05) is 10.2 Å². The fourth-order valence-corrected chi connectivity index (χ4v) is 0.789. The van der Waals surface area contributed by atoms with Gasteiger partial charge in [-0.2, -0.15) is 0 Å². The van der Waals surface area contributed by atoms with Crippen molar-refractivity contribution in [2.24, 2.45) is 5.41 Å². The second-order valence-electron chi connectivity index (χ2n) is 3.60. The minimum absolute atomic E-state index is 0.0671. The molecule has 3 heteroatoms. The third-order valence-electron chi connectivity index (χ3n) is 2.24. The van der Waals surface area contributed by atoms with Gasteiger partial charge in [-0.05, 0) is 26.3 Å². The van der Waals surface area contributed by atoms with Crippen LogP contribution in [0, 0.1) is 5.41 Å². The maximum Gasteiger partial charge on any atom is 0.311 e. The Hall–Kier alpha value is -0.313. The summed E-state index contributed by atoms with van der Waals surface area (Å²) < 4.78 is 4.95. The highest BCUT2D eigenvalue weighted by molar-refractivity contribution is 6.13. The monoisotopic (exact) mass is 174 g/mol. The van der Waals surface area contributed by atoms with E-state index in [4.69, 9.17) is 4.74 Å².